The van der Waals surface area contributed by atoms with Crippen LogP contribution in [0.25, 0.3) is 43.1 Å². The summed E-state index contributed by atoms with van der Waals surface area (Å²) in [6, 6.07) is 21.5. The molecule has 2 heteroatoms. The van der Waals surface area contributed by atoms with Gasteiger partial charge in [0.25, 0.3) is 0 Å². The molecule has 0 N–H and O–H groups in total. The third-order valence-corrected chi connectivity index (χ3v) is 5.40. The summed E-state index contributed by atoms with van der Waals surface area (Å²) in [5.74, 6) is 0. The number of fused-ring (bicyclic) bond motifs is 2. The van der Waals surface area contributed by atoms with Crippen molar-refractivity contribution in [3.05, 3.63) is 60.7 Å². The second-order valence-electron chi connectivity index (χ2n) is 5.72. The van der Waals surface area contributed by atoms with Crippen LogP contribution in [0, 0.1) is 0 Å². The van der Waals surface area contributed by atoms with Gasteiger partial charge in [0.2, 0.25) is 0 Å². The van der Waals surface area contributed by atoms with Crippen molar-refractivity contribution in [3.63, 3.8) is 0 Å². The highest BCUT2D eigenvalue weighted by molar-refractivity contribution is 7.80. The Hall–Kier alpha value is -1.90. The molecule has 22 heavy (non-hydrogen) atoms. The van der Waals surface area contributed by atoms with Crippen molar-refractivity contribution in [2.24, 2.45) is 0 Å². The van der Waals surface area contributed by atoms with Gasteiger partial charge in [-0.1, -0.05) is 48.5 Å². The molecule has 0 aliphatic rings. The standard InChI is InChI=1S/C20H12S2/c21-17-9-8-14-12-4-2-6-16-18(22)10-7-13(20(12)16)11-3-1-5-15(17)19(11)14/h1-10,21-22H. The zero-order valence-corrected chi connectivity index (χ0v) is 13.5. The summed E-state index contributed by atoms with van der Waals surface area (Å²) in [6.45, 7) is 0. The Bertz CT molecular complexity index is 1070. The summed E-state index contributed by atoms with van der Waals surface area (Å²) >= 11 is 9.28. The summed E-state index contributed by atoms with van der Waals surface area (Å²) < 4.78 is 0. The summed E-state index contributed by atoms with van der Waals surface area (Å²) in [6.07, 6.45) is 0. The fourth-order valence-electron chi connectivity index (χ4n) is 3.68. The fourth-order valence-corrected chi connectivity index (χ4v) is 4.20. The molecule has 0 unspecified atom stereocenters. The lowest BCUT2D eigenvalue weighted by Gasteiger charge is -2.15. The molecule has 0 saturated carbocycles. The SMILES string of the molecule is Sc1ccc2c3cccc4c(S)ccc(c5cccc1c52)c43. The molecule has 5 aromatic rings. The Morgan fingerprint density at radius 3 is 1.23 bits per heavy atom. The van der Waals surface area contributed by atoms with Crippen LogP contribution < -0.4 is 0 Å². The quantitative estimate of drug-likeness (QED) is 0.186. The van der Waals surface area contributed by atoms with Gasteiger partial charge < -0.3 is 0 Å². The van der Waals surface area contributed by atoms with Gasteiger partial charge in [0.15, 0.2) is 0 Å². The lowest BCUT2D eigenvalue weighted by Crippen LogP contribution is -1.87. The van der Waals surface area contributed by atoms with E-state index in [1.807, 2.05) is 0 Å². The van der Waals surface area contributed by atoms with Gasteiger partial charge in [0, 0.05) is 9.79 Å². The first-order valence-corrected chi connectivity index (χ1v) is 8.15. The topological polar surface area (TPSA) is 0 Å². The van der Waals surface area contributed by atoms with Crippen molar-refractivity contribution in [2.75, 3.05) is 0 Å². The van der Waals surface area contributed by atoms with Crippen LogP contribution >= 0.6 is 25.3 Å². The van der Waals surface area contributed by atoms with Gasteiger partial charge in [-0.3, -0.25) is 0 Å². The molecule has 0 fully saturated rings. The maximum absolute atomic E-state index is 4.64. The van der Waals surface area contributed by atoms with Crippen molar-refractivity contribution in [1.82, 2.24) is 0 Å². The molecule has 104 valence electrons. The minimum absolute atomic E-state index is 1.03. The Balaban J connectivity index is 2.28. The predicted octanol–water partition coefficient (Wildman–Crippen LogP) is 6.31. The molecule has 0 aliphatic carbocycles. The Kier molecular flexibility index (Phi) is 2.47. The van der Waals surface area contributed by atoms with Crippen LogP contribution in [0.1, 0.15) is 0 Å². The van der Waals surface area contributed by atoms with Gasteiger partial charge in [0.05, 0.1) is 0 Å². The van der Waals surface area contributed by atoms with Crippen LogP contribution in [0.2, 0.25) is 0 Å². The third-order valence-electron chi connectivity index (χ3n) is 4.62. The molecule has 0 bridgehead atoms. The van der Waals surface area contributed by atoms with E-state index in [1.165, 1.54) is 43.1 Å². The van der Waals surface area contributed by atoms with Gasteiger partial charge in [-0.25, -0.2) is 0 Å². The van der Waals surface area contributed by atoms with Crippen LogP contribution in [0.15, 0.2) is 70.5 Å². The van der Waals surface area contributed by atoms with E-state index in [9.17, 15) is 0 Å². The van der Waals surface area contributed by atoms with E-state index in [4.69, 9.17) is 0 Å². The Morgan fingerprint density at radius 2 is 0.773 bits per heavy atom. The minimum atomic E-state index is 1.03. The molecule has 0 amide bonds. The number of benzene rings is 5. The van der Waals surface area contributed by atoms with Gasteiger partial charge >= 0.3 is 0 Å². The average Bonchev–Trinajstić information content (AvgIpc) is 2.55. The molecule has 0 nitrogen and oxygen atoms in total. The van der Waals surface area contributed by atoms with Gasteiger partial charge in [-0.2, -0.15) is 0 Å². The number of rotatable bonds is 0. The van der Waals surface area contributed by atoms with Crippen LogP contribution in [0.3, 0.4) is 0 Å². The van der Waals surface area contributed by atoms with E-state index in [-0.39, 0.29) is 0 Å². The lowest BCUT2D eigenvalue weighted by molar-refractivity contribution is 1.57. The maximum atomic E-state index is 4.64. The monoisotopic (exact) mass is 316 g/mol. The fraction of sp³-hybridized carbons (Fsp3) is 0. The van der Waals surface area contributed by atoms with Gasteiger partial charge in [-0.15, -0.1) is 25.3 Å². The molecule has 5 aromatic carbocycles. The van der Waals surface area contributed by atoms with E-state index in [2.05, 4.69) is 85.9 Å². The predicted molar refractivity (Wildman–Crippen MR) is 102 cm³/mol. The van der Waals surface area contributed by atoms with E-state index in [0.717, 1.165) is 9.79 Å². The molecule has 0 aromatic heterocycles. The molecule has 0 saturated heterocycles. The van der Waals surface area contributed by atoms with E-state index in [1.54, 1.807) is 0 Å². The first kappa shape index (κ1) is 12.6. The van der Waals surface area contributed by atoms with Gasteiger partial charge in [0.1, 0.15) is 0 Å². The van der Waals surface area contributed by atoms with Crippen molar-refractivity contribution in [1.29, 1.82) is 0 Å². The largest absolute Gasteiger partial charge is 0.143 e. The van der Waals surface area contributed by atoms with Crippen LogP contribution in [0.5, 0.6) is 0 Å². The maximum Gasteiger partial charge on any atom is 0.0119 e. The Labute approximate surface area is 138 Å². The highest BCUT2D eigenvalue weighted by Crippen LogP contribution is 2.42. The van der Waals surface area contributed by atoms with Crippen molar-refractivity contribution >= 4 is 68.3 Å². The molecule has 0 aliphatic heterocycles. The highest BCUT2D eigenvalue weighted by Gasteiger charge is 2.14. The molecular weight excluding hydrogens is 304 g/mol. The van der Waals surface area contributed by atoms with Crippen LogP contribution in [-0.4, -0.2) is 0 Å². The average molecular weight is 316 g/mol. The second kappa shape index (κ2) is 4.31. The Morgan fingerprint density at radius 1 is 0.409 bits per heavy atom. The first-order chi connectivity index (χ1) is 10.8. The lowest BCUT2D eigenvalue weighted by atomic mass is 9.90. The highest BCUT2D eigenvalue weighted by atomic mass is 32.1. The zero-order valence-electron chi connectivity index (χ0n) is 11.7. The van der Waals surface area contributed by atoms with Crippen LogP contribution in [-0.2, 0) is 0 Å². The molecular formula is C20H12S2. The van der Waals surface area contributed by atoms with Crippen LogP contribution in [0.4, 0.5) is 0 Å². The van der Waals surface area contributed by atoms with E-state index in [0.29, 0.717) is 0 Å². The molecule has 0 heterocycles. The van der Waals surface area contributed by atoms with Crippen molar-refractivity contribution in [2.45, 2.75) is 9.79 Å². The molecule has 0 radical (unpaired) electrons. The summed E-state index contributed by atoms with van der Waals surface area (Å²) in [5.41, 5.74) is 0. The van der Waals surface area contributed by atoms with Crippen molar-refractivity contribution in [3.8, 4) is 0 Å². The zero-order chi connectivity index (χ0) is 14.8. The first-order valence-electron chi connectivity index (χ1n) is 7.26. The smallest absolute Gasteiger partial charge is 0.0119 e. The van der Waals surface area contributed by atoms with E-state index >= 15 is 0 Å². The summed E-state index contributed by atoms with van der Waals surface area (Å²) in [7, 11) is 0. The second-order valence-corrected chi connectivity index (χ2v) is 6.68. The molecule has 5 rings (SSSR count). The summed E-state index contributed by atoms with van der Waals surface area (Å²) in [4.78, 5) is 2.06. The number of hydrogen-bond acceptors (Lipinski definition) is 2. The number of hydrogen-bond donors (Lipinski definition) is 2. The minimum Gasteiger partial charge on any atom is -0.143 e. The third kappa shape index (κ3) is 1.47. The van der Waals surface area contributed by atoms with Crippen molar-refractivity contribution < 1.29 is 0 Å². The summed E-state index contributed by atoms with van der Waals surface area (Å²) in [5, 5.41) is 10.2. The number of thiol groups is 2. The molecule has 0 atom stereocenters. The molecule has 0 spiro atoms. The van der Waals surface area contributed by atoms with E-state index < -0.39 is 0 Å². The normalized spacial score (nSPS) is 12.1. The van der Waals surface area contributed by atoms with Gasteiger partial charge in [-0.05, 0) is 55.2 Å².